The molecule has 5 heteroatoms. The number of aromatic nitrogens is 2. The fourth-order valence-electron chi connectivity index (χ4n) is 2.78. The van der Waals surface area contributed by atoms with Crippen LogP contribution in [0, 0.1) is 18.6 Å². The van der Waals surface area contributed by atoms with E-state index in [9.17, 15) is 8.78 Å². The fourth-order valence-corrected chi connectivity index (χ4v) is 2.78. The summed E-state index contributed by atoms with van der Waals surface area (Å²) in [6.45, 7) is 1.91. The van der Waals surface area contributed by atoms with Crippen LogP contribution in [0.4, 0.5) is 20.4 Å². The van der Waals surface area contributed by atoms with E-state index in [0.29, 0.717) is 12.0 Å². The van der Waals surface area contributed by atoms with Crippen LogP contribution >= 0.6 is 0 Å². The monoisotopic (exact) mass is 277 g/mol. The maximum absolute atomic E-state index is 13.7. The molecule has 0 amide bonds. The molecule has 0 bridgehead atoms. The van der Waals surface area contributed by atoms with Crippen molar-refractivity contribution < 1.29 is 8.78 Å². The molecule has 1 N–H and O–H groups in total. The van der Waals surface area contributed by atoms with Crippen LogP contribution in [-0.2, 0) is 0 Å². The van der Waals surface area contributed by atoms with Gasteiger partial charge in [0.15, 0.2) is 0 Å². The number of rotatable bonds is 3. The molecule has 1 aromatic carbocycles. The van der Waals surface area contributed by atoms with Gasteiger partial charge >= 0.3 is 0 Å². The molecule has 1 heterocycles. The van der Waals surface area contributed by atoms with Gasteiger partial charge in [0.1, 0.15) is 11.6 Å². The Morgan fingerprint density at radius 3 is 2.70 bits per heavy atom. The maximum Gasteiger partial charge on any atom is 0.207 e. The molecule has 0 spiro atoms. The van der Waals surface area contributed by atoms with Gasteiger partial charge in [-0.05, 0) is 31.9 Å². The van der Waals surface area contributed by atoms with Crippen molar-refractivity contribution in [2.45, 2.75) is 38.6 Å². The number of nitrogens with one attached hydrogen (secondary N) is 1. The quantitative estimate of drug-likeness (QED) is 0.905. The molecular weight excluding hydrogens is 260 g/mol. The van der Waals surface area contributed by atoms with Crippen molar-refractivity contribution in [3.05, 3.63) is 41.7 Å². The molecule has 106 valence electrons. The van der Waals surface area contributed by atoms with Crippen molar-refractivity contribution in [3.8, 4) is 0 Å². The number of aryl methyl sites for hydroxylation is 1. The number of halogens is 2. The minimum Gasteiger partial charge on any atom is -0.323 e. The molecule has 1 aliphatic rings. The van der Waals surface area contributed by atoms with E-state index in [4.69, 9.17) is 0 Å². The molecule has 2 aromatic rings. The van der Waals surface area contributed by atoms with E-state index in [1.54, 1.807) is 0 Å². The van der Waals surface area contributed by atoms with Crippen molar-refractivity contribution >= 4 is 11.6 Å². The van der Waals surface area contributed by atoms with Gasteiger partial charge in [0.25, 0.3) is 0 Å². The van der Waals surface area contributed by atoms with Gasteiger partial charge in [-0.15, -0.1) is 0 Å². The number of nitrogens with zero attached hydrogens (tertiary/aromatic N) is 2. The van der Waals surface area contributed by atoms with Crippen molar-refractivity contribution in [1.29, 1.82) is 0 Å². The lowest BCUT2D eigenvalue weighted by Gasteiger charge is -2.15. The lowest BCUT2D eigenvalue weighted by atomic mass is 10.2. The highest BCUT2D eigenvalue weighted by molar-refractivity contribution is 5.55. The first-order valence-electron chi connectivity index (χ1n) is 6.91. The summed E-state index contributed by atoms with van der Waals surface area (Å²) in [5.74, 6) is -0.563. The normalized spacial score (nSPS) is 15.8. The Hall–Kier alpha value is -1.91. The van der Waals surface area contributed by atoms with Gasteiger partial charge in [0.2, 0.25) is 5.95 Å². The predicted octanol–water partition coefficient (Wildman–Crippen LogP) is 4.33. The minimum absolute atomic E-state index is 0.247. The number of imidazole rings is 1. The molecule has 0 radical (unpaired) electrons. The van der Waals surface area contributed by atoms with E-state index >= 15 is 0 Å². The third-order valence-corrected chi connectivity index (χ3v) is 3.75. The molecule has 3 rings (SSSR count). The molecule has 20 heavy (non-hydrogen) atoms. The first kappa shape index (κ1) is 13.1. The summed E-state index contributed by atoms with van der Waals surface area (Å²) in [5.41, 5.74) is 1.14. The molecule has 0 aliphatic heterocycles. The Labute approximate surface area is 116 Å². The second-order valence-electron chi connectivity index (χ2n) is 5.30. The van der Waals surface area contributed by atoms with Gasteiger partial charge in [-0.3, -0.25) is 0 Å². The fraction of sp³-hybridized carbons (Fsp3) is 0.400. The molecular formula is C15H17F2N3. The average Bonchev–Trinajstić information content (AvgIpc) is 3.02. The second-order valence-corrected chi connectivity index (χ2v) is 5.30. The van der Waals surface area contributed by atoms with Crippen LogP contribution in [0.25, 0.3) is 0 Å². The number of benzene rings is 1. The molecule has 0 unspecified atom stereocenters. The summed E-state index contributed by atoms with van der Waals surface area (Å²) in [7, 11) is 0. The third-order valence-electron chi connectivity index (χ3n) is 3.75. The van der Waals surface area contributed by atoms with Gasteiger partial charge in [-0.2, -0.15) is 0 Å². The topological polar surface area (TPSA) is 29.9 Å². The molecule has 3 nitrogen and oxygen atoms in total. The van der Waals surface area contributed by atoms with E-state index < -0.39 is 11.6 Å². The van der Waals surface area contributed by atoms with Crippen LogP contribution in [0.15, 0.2) is 24.4 Å². The SMILES string of the molecule is Cc1cn(C2CCCC2)c(Nc2ccc(F)cc2F)n1. The zero-order chi connectivity index (χ0) is 14.1. The van der Waals surface area contributed by atoms with Gasteiger partial charge in [-0.25, -0.2) is 13.8 Å². The van der Waals surface area contributed by atoms with Crippen LogP contribution in [0.5, 0.6) is 0 Å². The van der Waals surface area contributed by atoms with Crippen molar-refractivity contribution in [1.82, 2.24) is 9.55 Å². The summed E-state index contributed by atoms with van der Waals surface area (Å²) in [6.07, 6.45) is 6.66. The van der Waals surface area contributed by atoms with Crippen LogP contribution in [0.3, 0.4) is 0 Å². The standard InChI is InChI=1S/C15H17F2N3/c1-10-9-20(12-4-2-3-5-12)15(18-10)19-14-7-6-11(16)8-13(14)17/h6-9,12H,2-5H2,1H3,(H,18,19). The first-order chi connectivity index (χ1) is 9.63. The average molecular weight is 277 g/mol. The van der Waals surface area contributed by atoms with Crippen molar-refractivity contribution in [3.63, 3.8) is 0 Å². The molecule has 0 saturated heterocycles. The lowest BCUT2D eigenvalue weighted by molar-refractivity contribution is 0.524. The van der Waals surface area contributed by atoms with Crippen molar-refractivity contribution in [2.24, 2.45) is 0 Å². The Balaban J connectivity index is 1.90. The highest BCUT2D eigenvalue weighted by atomic mass is 19.1. The summed E-state index contributed by atoms with van der Waals surface area (Å²) in [6, 6.07) is 3.93. The van der Waals surface area contributed by atoms with Crippen LogP contribution in [-0.4, -0.2) is 9.55 Å². The van der Waals surface area contributed by atoms with Gasteiger partial charge in [0, 0.05) is 18.3 Å². The Morgan fingerprint density at radius 2 is 2.00 bits per heavy atom. The predicted molar refractivity (Wildman–Crippen MR) is 74.1 cm³/mol. The molecule has 1 fully saturated rings. The van der Waals surface area contributed by atoms with E-state index in [0.717, 1.165) is 24.6 Å². The number of anilines is 2. The minimum atomic E-state index is -0.608. The Kier molecular flexibility index (Phi) is 3.42. The smallest absolute Gasteiger partial charge is 0.207 e. The largest absolute Gasteiger partial charge is 0.323 e. The van der Waals surface area contributed by atoms with E-state index in [1.807, 2.05) is 13.1 Å². The van der Waals surface area contributed by atoms with Crippen LogP contribution in [0.1, 0.15) is 37.4 Å². The van der Waals surface area contributed by atoms with Crippen LogP contribution < -0.4 is 5.32 Å². The summed E-state index contributed by atoms with van der Waals surface area (Å²) < 4.78 is 28.7. The summed E-state index contributed by atoms with van der Waals surface area (Å²) in [5, 5.41) is 2.98. The van der Waals surface area contributed by atoms with Crippen LogP contribution in [0.2, 0.25) is 0 Å². The second kappa shape index (κ2) is 5.23. The highest BCUT2D eigenvalue weighted by Crippen LogP contribution is 2.33. The van der Waals surface area contributed by atoms with Gasteiger partial charge < -0.3 is 9.88 Å². The highest BCUT2D eigenvalue weighted by Gasteiger charge is 2.20. The van der Waals surface area contributed by atoms with Gasteiger partial charge in [0.05, 0.1) is 11.4 Å². The zero-order valence-corrected chi connectivity index (χ0v) is 11.4. The van der Waals surface area contributed by atoms with Crippen molar-refractivity contribution in [2.75, 3.05) is 5.32 Å². The van der Waals surface area contributed by atoms with E-state index in [2.05, 4.69) is 14.9 Å². The zero-order valence-electron chi connectivity index (χ0n) is 11.4. The molecule has 1 saturated carbocycles. The number of hydrogen-bond acceptors (Lipinski definition) is 2. The summed E-state index contributed by atoms with van der Waals surface area (Å²) in [4.78, 5) is 4.41. The third kappa shape index (κ3) is 2.53. The first-order valence-corrected chi connectivity index (χ1v) is 6.91. The molecule has 1 aromatic heterocycles. The molecule has 1 aliphatic carbocycles. The Bertz CT molecular complexity index is 616. The Morgan fingerprint density at radius 1 is 1.25 bits per heavy atom. The maximum atomic E-state index is 13.7. The van der Waals surface area contributed by atoms with Gasteiger partial charge in [-0.1, -0.05) is 12.8 Å². The summed E-state index contributed by atoms with van der Waals surface area (Å²) >= 11 is 0. The van der Waals surface area contributed by atoms with E-state index in [1.165, 1.54) is 25.0 Å². The number of hydrogen-bond donors (Lipinski definition) is 1. The lowest BCUT2D eigenvalue weighted by Crippen LogP contribution is -2.08. The van der Waals surface area contributed by atoms with E-state index in [-0.39, 0.29) is 5.69 Å². The molecule has 0 atom stereocenters.